The number of hydrogen-bond donors (Lipinski definition) is 1. The summed E-state index contributed by atoms with van der Waals surface area (Å²) in [6.45, 7) is 15.9. The van der Waals surface area contributed by atoms with E-state index in [1.54, 1.807) is 0 Å². The molecule has 0 radical (unpaired) electrons. The Bertz CT molecular complexity index is 366. The van der Waals surface area contributed by atoms with E-state index in [4.69, 9.17) is 0 Å². The summed E-state index contributed by atoms with van der Waals surface area (Å²) < 4.78 is 0. The number of nitrogens with one attached hydrogen (secondary N) is 1. The second-order valence-electron chi connectivity index (χ2n) is 5.98. The third-order valence-corrected chi connectivity index (χ3v) is 3.04. The first-order valence-electron chi connectivity index (χ1n) is 6.33. The maximum atomic E-state index is 4.01. The Labute approximate surface area is 106 Å². The SMILES string of the molecule is C=C(NCc1ccc(C(C)(C)C)cc1)C(C)C. The van der Waals surface area contributed by atoms with Gasteiger partial charge >= 0.3 is 0 Å². The van der Waals surface area contributed by atoms with Crippen LogP contribution in [0.5, 0.6) is 0 Å². The summed E-state index contributed by atoms with van der Waals surface area (Å²) >= 11 is 0. The molecular weight excluding hydrogens is 206 g/mol. The van der Waals surface area contributed by atoms with Gasteiger partial charge in [-0.05, 0) is 22.5 Å². The highest BCUT2D eigenvalue weighted by Crippen LogP contribution is 2.22. The Morgan fingerprint density at radius 2 is 1.71 bits per heavy atom. The van der Waals surface area contributed by atoms with E-state index in [9.17, 15) is 0 Å². The minimum absolute atomic E-state index is 0.230. The zero-order valence-corrected chi connectivity index (χ0v) is 11.8. The summed E-state index contributed by atoms with van der Waals surface area (Å²) in [6, 6.07) is 8.83. The minimum Gasteiger partial charge on any atom is -0.385 e. The van der Waals surface area contributed by atoms with Gasteiger partial charge < -0.3 is 5.32 Å². The van der Waals surface area contributed by atoms with Crippen LogP contribution in [0.15, 0.2) is 36.5 Å². The smallest absolute Gasteiger partial charge is 0.0397 e. The van der Waals surface area contributed by atoms with Crippen molar-refractivity contribution in [3.8, 4) is 0 Å². The maximum absolute atomic E-state index is 4.01. The molecule has 0 unspecified atom stereocenters. The van der Waals surface area contributed by atoms with E-state index in [1.807, 2.05) is 0 Å². The Kier molecular flexibility index (Phi) is 4.39. The standard InChI is InChI=1S/C16H25N/c1-12(2)13(3)17-11-14-7-9-15(10-8-14)16(4,5)6/h7-10,12,17H,3,11H2,1-2,4-6H3. The second kappa shape index (κ2) is 5.39. The van der Waals surface area contributed by atoms with Crippen molar-refractivity contribution >= 4 is 0 Å². The van der Waals surface area contributed by atoms with Gasteiger partial charge in [-0.3, -0.25) is 0 Å². The molecule has 0 aromatic heterocycles. The zero-order chi connectivity index (χ0) is 13.1. The monoisotopic (exact) mass is 231 g/mol. The predicted molar refractivity (Wildman–Crippen MR) is 76.0 cm³/mol. The third kappa shape index (κ3) is 4.26. The quantitative estimate of drug-likeness (QED) is 0.817. The van der Waals surface area contributed by atoms with Gasteiger partial charge in [-0.2, -0.15) is 0 Å². The topological polar surface area (TPSA) is 12.0 Å². The number of allylic oxidation sites excluding steroid dienone is 1. The van der Waals surface area contributed by atoms with E-state index in [1.165, 1.54) is 11.1 Å². The highest BCUT2D eigenvalue weighted by molar-refractivity contribution is 5.27. The fraction of sp³-hybridized carbons (Fsp3) is 0.500. The van der Waals surface area contributed by atoms with Gasteiger partial charge in [0.25, 0.3) is 0 Å². The van der Waals surface area contributed by atoms with E-state index in [2.05, 4.69) is 70.8 Å². The number of rotatable bonds is 4. The molecule has 0 amide bonds. The lowest BCUT2D eigenvalue weighted by Gasteiger charge is -2.19. The molecule has 0 aliphatic heterocycles. The van der Waals surface area contributed by atoms with E-state index in [0.29, 0.717) is 5.92 Å². The van der Waals surface area contributed by atoms with Crippen molar-refractivity contribution < 1.29 is 0 Å². The molecule has 1 nitrogen and oxygen atoms in total. The minimum atomic E-state index is 0.230. The molecule has 1 rings (SSSR count). The molecule has 1 N–H and O–H groups in total. The average molecular weight is 231 g/mol. The molecule has 17 heavy (non-hydrogen) atoms. The van der Waals surface area contributed by atoms with Crippen LogP contribution in [0.2, 0.25) is 0 Å². The van der Waals surface area contributed by atoms with Crippen molar-refractivity contribution in [2.75, 3.05) is 0 Å². The summed E-state index contributed by atoms with van der Waals surface area (Å²) in [7, 11) is 0. The first kappa shape index (κ1) is 13.8. The fourth-order valence-corrected chi connectivity index (χ4v) is 1.54. The molecule has 0 spiro atoms. The Morgan fingerprint density at radius 3 is 2.12 bits per heavy atom. The van der Waals surface area contributed by atoms with E-state index in [0.717, 1.165) is 12.2 Å². The van der Waals surface area contributed by atoms with Crippen LogP contribution in [0.3, 0.4) is 0 Å². The first-order chi connectivity index (χ1) is 7.80. The fourth-order valence-electron chi connectivity index (χ4n) is 1.54. The van der Waals surface area contributed by atoms with E-state index >= 15 is 0 Å². The molecule has 0 atom stereocenters. The van der Waals surface area contributed by atoms with Crippen molar-refractivity contribution in [1.82, 2.24) is 5.32 Å². The van der Waals surface area contributed by atoms with Crippen molar-refractivity contribution in [2.24, 2.45) is 5.92 Å². The molecule has 94 valence electrons. The highest BCUT2D eigenvalue weighted by atomic mass is 14.9. The Hall–Kier alpha value is -1.24. The van der Waals surface area contributed by atoms with Crippen molar-refractivity contribution in [1.29, 1.82) is 0 Å². The Balaban J connectivity index is 2.61. The summed E-state index contributed by atoms with van der Waals surface area (Å²) in [5.74, 6) is 0.490. The van der Waals surface area contributed by atoms with E-state index < -0.39 is 0 Å². The molecule has 1 aromatic rings. The summed E-state index contributed by atoms with van der Waals surface area (Å²) in [5, 5.41) is 3.36. The lowest BCUT2D eigenvalue weighted by atomic mass is 9.87. The zero-order valence-electron chi connectivity index (χ0n) is 11.8. The highest BCUT2D eigenvalue weighted by Gasteiger charge is 2.12. The number of hydrogen-bond acceptors (Lipinski definition) is 1. The summed E-state index contributed by atoms with van der Waals surface area (Å²) in [5.41, 5.74) is 4.02. The molecule has 0 aliphatic carbocycles. The molecule has 0 saturated carbocycles. The van der Waals surface area contributed by atoms with Gasteiger partial charge in [0, 0.05) is 12.2 Å². The largest absolute Gasteiger partial charge is 0.385 e. The van der Waals surface area contributed by atoms with Gasteiger partial charge in [0.05, 0.1) is 0 Å². The molecule has 0 saturated heterocycles. The normalized spacial score (nSPS) is 11.6. The lowest BCUT2D eigenvalue weighted by molar-refractivity contribution is 0.589. The van der Waals surface area contributed by atoms with Gasteiger partial charge in [-0.1, -0.05) is 65.5 Å². The molecule has 1 aromatic carbocycles. The molecule has 0 heterocycles. The van der Waals surface area contributed by atoms with Crippen molar-refractivity contribution in [2.45, 2.75) is 46.6 Å². The molecule has 0 fully saturated rings. The molecule has 0 bridgehead atoms. The van der Waals surface area contributed by atoms with Gasteiger partial charge in [0.1, 0.15) is 0 Å². The van der Waals surface area contributed by atoms with Gasteiger partial charge in [0.2, 0.25) is 0 Å². The van der Waals surface area contributed by atoms with Crippen molar-refractivity contribution in [3.63, 3.8) is 0 Å². The third-order valence-electron chi connectivity index (χ3n) is 3.04. The van der Waals surface area contributed by atoms with Crippen LogP contribution in [0, 0.1) is 5.92 Å². The maximum Gasteiger partial charge on any atom is 0.0397 e. The van der Waals surface area contributed by atoms with Crippen LogP contribution in [0.1, 0.15) is 45.7 Å². The van der Waals surface area contributed by atoms with Gasteiger partial charge in [-0.25, -0.2) is 0 Å². The average Bonchev–Trinajstić information content (AvgIpc) is 2.25. The van der Waals surface area contributed by atoms with Crippen LogP contribution in [0.25, 0.3) is 0 Å². The van der Waals surface area contributed by atoms with Crippen molar-refractivity contribution in [3.05, 3.63) is 47.7 Å². The number of benzene rings is 1. The molecular formula is C16H25N. The Morgan fingerprint density at radius 1 is 1.18 bits per heavy atom. The van der Waals surface area contributed by atoms with Crippen LogP contribution in [0.4, 0.5) is 0 Å². The lowest BCUT2D eigenvalue weighted by Crippen LogP contribution is -2.16. The summed E-state index contributed by atoms with van der Waals surface area (Å²) in [6.07, 6.45) is 0. The van der Waals surface area contributed by atoms with Crippen LogP contribution in [-0.4, -0.2) is 0 Å². The van der Waals surface area contributed by atoms with Gasteiger partial charge in [-0.15, -0.1) is 0 Å². The van der Waals surface area contributed by atoms with Crippen LogP contribution in [-0.2, 0) is 12.0 Å². The van der Waals surface area contributed by atoms with Gasteiger partial charge in [0.15, 0.2) is 0 Å². The summed E-state index contributed by atoms with van der Waals surface area (Å²) in [4.78, 5) is 0. The van der Waals surface area contributed by atoms with Crippen LogP contribution < -0.4 is 5.32 Å². The first-order valence-corrected chi connectivity index (χ1v) is 6.33. The van der Waals surface area contributed by atoms with Crippen LogP contribution >= 0.6 is 0 Å². The van der Waals surface area contributed by atoms with E-state index in [-0.39, 0.29) is 5.41 Å². The second-order valence-corrected chi connectivity index (χ2v) is 5.98. The predicted octanol–water partition coefficient (Wildman–Crippen LogP) is 4.24. The molecule has 1 heteroatoms. The molecule has 0 aliphatic rings.